The van der Waals surface area contributed by atoms with Crippen LogP contribution in [0.4, 0.5) is 4.79 Å². The maximum atomic E-state index is 11.9. The highest BCUT2D eigenvalue weighted by atomic mass is 79.9. The fourth-order valence-electron chi connectivity index (χ4n) is 2.59. The van der Waals surface area contributed by atoms with E-state index in [1.54, 1.807) is 0 Å². The highest BCUT2D eigenvalue weighted by Crippen LogP contribution is 2.26. The number of hydrogen-bond donors (Lipinski definition) is 1. The number of hydrogen-bond acceptors (Lipinski definition) is 3. The first-order chi connectivity index (χ1) is 8.74. The molecule has 3 rings (SSSR count). The van der Waals surface area contributed by atoms with Crippen molar-refractivity contribution < 1.29 is 9.53 Å². The minimum Gasteiger partial charge on any atom is -0.443 e. The summed E-state index contributed by atoms with van der Waals surface area (Å²) >= 11 is 3.41. The van der Waals surface area contributed by atoms with Crippen molar-refractivity contribution >= 4 is 22.0 Å². The minimum absolute atomic E-state index is 0.0155. The van der Waals surface area contributed by atoms with Gasteiger partial charge in [0, 0.05) is 17.6 Å². The Bertz CT molecular complexity index is 449. The van der Waals surface area contributed by atoms with Crippen LogP contribution in [0.2, 0.25) is 0 Å². The van der Waals surface area contributed by atoms with E-state index in [0.29, 0.717) is 6.54 Å². The van der Waals surface area contributed by atoms with Gasteiger partial charge in [0.1, 0.15) is 6.10 Å². The Balaban J connectivity index is 1.75. The molecule has 2 aliphatic rings. The first-order valence-electron chi connectivity index (χ1n) is 6.16. The van der Waals surface area contributed by atoms with E-state index in [1.807, 2.05) is 29.2 Å². The number of fused-ring (bicyclic) bond motifs is 1. The van der Waals surface area contributed by atoms with Gasteiger partial charge >= 0.3 is 6.09 Å². The van der Waals surface area contributed by atoms with Crippen molar-refractivity contribution in [3.05, 3.63) is 34.3 Å². The maximum Gasteiger partial charge on any atom is 0.410 e. The molecule has 0 aromatic heterocycles. The van der Waals surface area contributed by atoms with E-state index >= 15 is 0 Å². The summed E-state index contributed by atoms with van der Waals surface area (Å²) in [6, 6.07) is 8.28. The fraction of sp³-hybridized carbons (Fsp3) is 0.462. The van der Waals surface area contributed by atoms with Crippen molar-refractivity contribution in [2.45, 2.75) is 25.1 Å². The molecule has 1 aromatic carbocycles. The molecule has 2 heterocycles. The second kappa shape index (κ2) is 4.90. The molecule has 1 aromatic rings. The zero-order chi connectivity index (χ0) is 12.5. The van der Waals surface area contributed by atoms with Crippen LogP contribution >= 0.6 is 15.9 Å². The Labute approximate surface area is 114 Å². The lowest BCUT2D eigenvalue weighted by Gasteiger charge is -2.28. The number of piperidine rings is 1. The first kappa shape index (κ1) is 12.0. The van der Waals surface area contributed by atoms with E-state index in [9.17, 15) is 4.79 Å². The van der Waals surface area contributed by atoms with Crippen LogP contribution in [0.3, 0.4) is 0 Å². The molecule has 18 heavy (non-hydrogen) atoms. The number of nitrogens with zero attached hydrogens (tertiary/aromatic N) is 1. The molecule has 0 bridgehead atoms. The molecule has 2 atom stereocenters. The predicted molar refractivity (Wildman–Crippen MR) is 71.2 cm³/mol. The SMILES string of the molecule is O=C1OC2CNCCC2N1Cc1ccc(Br)cc1. The van der Waals surface area contributed by atoms with Crippen molar-refractivity contribution in [1.82, 2.24) is 10.2 Å². The van der Waals surface area contributed by atoms with E-state index in [-0.39, 0.29) is 18.2 Å². The summed E-state index contributed by atoms with van der Waals surface area (Å²) < 4.78 is 6.44. The zero-order valence-corrected chi connectivity index (χ0v) is 11.5. The summed E-state index contributed by atoms with van der Waals surface area (Å²) in [6.45, 7) is 2.36. The third-order valence-electron chi connectivity index (χ3n) is 3.54. The summed E-state index contributed by atoms with van der Waals surface area (Å²) in [5.41, 5.74) is 1.13. The van der Waals surface area contributed by atoms with E-state index in [0.717, 1.165) is 29.5 Å². The number of halogens is 1. The summed E-state index contributed by atoms with van der Waals surface area (Å²) in [5.74, 6) is 0. The van der Waals surface area contributed by atoms with Crippen molar-refractivity contribution in [2.24, 2.45) is 0 Å². The van der Waals surface area contributed by atoms with Gasteiger partial charge in [0.05, 0.1) is 6.04 Å². The first-order valence-corrected chi connectivity index (χ1v) is 6.96. The van der Waals surface area contributed by atoms with Crippen LogP contribution in [-0.4, -0.2) is 36.2 Å². The topological polar surface area (TPSA) is 41.6 Å². The van der Waals surface area contributed by atoms with Crippen molar-refractivity contribution in [2.75, 3.05) is 13.1 Å². The second-order valence-electron chi connectivity index (χ2n) is 4.74. The zero-order valence-electron chi connectivity index (χ0n) is 9.93. The molecule has 2 unspecified atom stereocenters. The van der Waals surface area contributed by atoms with Crippen LogP contribution < -0.4 is 5.32 Å². The molecule has 4 nitrogen and oxygen atoms in total. The van der Waals surface area contributed by atoms with Gasteiger partial charge in [-0.25, -0.2) is 4.79 Å². The van der Waals surface area contributed by atoms with Gasteiger partial charge in [-0.2, -0.15) is 0 Å². The average molecular weight is 311 g/mol. The third-order valence-corrected chi connectivity index (χ3v) is 4.07. The van der Waals surface area contributed by atoms with Crippen LogP contribution in [0.25, 0.3) is 0 Å². The summed E-state index contributed by atoms with van der Waals surface area (Å²) in [6.07, 6.45) is 0.797. The summed E-state index contributed by atoms with van der Waals surface area (Å²) in [5, 5.41) is 3.26. The molecule has 2 aliphatic heterocycles. The fourth-order valence-corrected chi connectivity index (χ4v) is 2.86. The molecule has 0 saturated carbocycles. The standard InChI is InChI=1S/C13H15BrN2O2/c14-10-3-1-9(2-4-10)8-16-11-5-6-15-7-12(11)18-13(16)17/h1-4,11-12,15H,5-8H2. The Morgan fingerprint density at radius 3 is 2.94 bits per heavy atom. The number of amides is 1. The molecule has 0 radical (unpaired) electrons. The molecular formula is C13H15BrN2O2. The van der Waals surface area contributed by atoms with Crippen molar-refractivity contribution in [3.63, 3.8) is 0 Å². The van der Waals surface area contributed by atoms with Gasteiger partial charge in [-0.05, 0) is 30.7 Å². The number of ether oxygens (including phenoxy) is 1. The van der Waals surface area contributed by atoms with Crippen LogP contribution in [0.5, 0.6) is 0 Å². The monoisotopic (exact) mass is 310 g/mol. The molecule has 0 spiro atoms. The normalized spacial score (nSPS) is 26.9. The number of carbonyl (C=O) groups excluding carboxylic acids is 1. The Morgan fingerprint density at radius 2 is 2.17 bits per heavy atom. The molecule has 5 heteroatoms. The van der Waals surface area contributed by atoms with Crippen LogP contribution in [-0.2, 0) is 11.3 Å². The Kier molecular flexibility index (Phi) is 3.26. The average Bonchev–Trinajstić information content (AvgIpc) is 2.69. The van der Waals surface area contributed by atoms with Gasteiger partial charge < -0.3 is 10.1 Å². The third kappa shape index (κ3) is 2.24. The largest absolute Gasteiger partial charge is 0.443 e. The molecule has 1 N–H and O–H groups in total. The van der Waals surface area contributed by atoms with Crippen LogP contribution in [0, 0.1) is 0 Å². The predicted octanol–water partition coefficient (Wildman–Crippen LogP) is 2.13. The number of nitrogens with one attached hydrogen (secondary N) is 1. The Morgan fingerprint density at radius 1 is 1.39 bits per heavy atom. The van der Waals surface area contributed by atoms with E-state index in [2.05, 4.69) is 21.2 Å². The van der Waals surface area contributed by atoms with Crippen molar-refractivity contribution in [1.29, 1.82) is 0 Å². The van der Waals surface area contributed by atoms with Gasteiger partial charge in [-0.1, -0.05) is 28.1 Å². The summed E-state index contributed by atoms with van der Waals surface area (Å²) in [4.78, 5) is 13.7. The number of rotatable bonds is 2. The quantitative estimate of drug-likeness (QED) is 0.910. The van der Waals surface area contributed by atoms with E-state index < -0.39 is 0 Å². The minimum atomic E-state index is -0.184. The van der Waals surface area contributed by atoms with Crippen molar-refractivity contribution in [3.8, 4) is 0 Å². The lowest BCUT2D eigenvalue weighted by atomic mass is 10.0. The van der Waals surface area contributed by atoms with Gasteiger partial charge in [0.2, 0.25) is 0 Å². The lowest BCUT2D eigenvalue weighted by molar-refractivity contribution is 0.121. The van der Waals surface area contributed by atoms with E-state index in [4.69, 9.17) is 4.74 Å². The van der Waals surface area contributed by atoms with Gasteiger partial charge in [-0.3, -0.25) is 4.90 Å². The molecule has 2 saturated heterocycles. The van der Waals surface area contributed by atoms with Crippen LogP contribution in [0.1, 0.15) is 12.0 Å². The molecule has 0 aliphatic carbocycles. The molecule has 1 amide bonds. The van der Waals surface area contributed by atoms with Gasteiger partial charge in [0.15, 0.2) is 0 Å². The maximum absolute atomic E-state index is 11.9. The smallest absolute Gasteiger partial charge is 0.410 e. The van der Waals surface area contributed by atoms with Crippen LogP contribution in [0.15, 0.2) is 28.7 Å². The highest BCUT2D eigenvalue weighted by Gasteiger charge is 2.42. The highest BCUT2D eigenvalue weighted by molar-refractivity contribution is 9.10. The lowest BCUT2D eigenvalue weighted by Crippen LogP contribution is -2.47. The molecule has 2 fully saturated rings. The van der Waals surface area contributed by atoms with Gasteiger partial charge in [0.25, 0.3) is 0 Å². The number of carbonyl (C=O) groups is 1. The second-order valence-corrected chi connectivity index (χ2v) is 5.65. The number of benzene rings is 1. The van der Waals surface area contributed by atoms with Gasteiger partial charge in [-0.15, -0.1) is 0 Å². The molecular weight excluding hydrogens is 296 g/mol. The Hall–Kier alpha value is -1.07. The summed E-state index contributed by atoms with van der Waals surface area (Å²) in [7, 11) is 0. The van der Waals surface area contributed by atoms with E-state index in [1.165, 1.54) is 0 Å². The molecule has 96 valence electrons.